The summed E-state index contributed by atoms with van der Waals surface area (Å²) in [7, 11) is 0. The summed E-state index contributed by atoms with van der Waals surface area (Å²) in [6, 6.07) is 17.6. The fraction of sp³-hybridized carbons (Fsp3) is 0.233. The molecule has 0 unspecified atom stereocenters. The van der Waals surface area contributed by atoms with Gasteiger partial charge < -0.3 is 23.2 Å². The van der Waals surface area contributed by atoms with Crippen LogP contribution in [0.2, 0.25) is 0 Å². The number of amides is 1. The van der Waals surface area contributed by atoms with Gasteiger partial charge in [-0.05, 0) is 98.2 Å². The van der Waals surface area contributed by atoms with Gasteiger partial charge in [0.05, 0.1) is 22.2 Å². The maximum atomic E-state index is 12.5. The number of nitro groups is 1. The standard InChI is InChI=1S/C30H29BrN4O8/c1-5-40-30(37)20(4)42-28-25(31)14-21(15-26(28)35(38)39)16-32-33-29(36)27-13-12-24(43-27)17-41-23-10-8-22(9-11-23)34-18(2)6-7-19(34)3/h6-16,20H,5,17H2,1-4H3,(H,33,36)/b32-16+/t20-/m0/s1. The number of nitro benzene ring substituents is 1. The van der Waals surface area contributed by atoms with Crippen molar-refractivity contribution in [3.63, 3.8) is 0 Å². The monoisotopic (exact) mass is 652 g/mol. The third-order valence-electron chi connectivity index (χ3n) is 6.17. The van der Waals surface area contributed by atoms with Gasteiger partial charge in [0.2, 0.25) is 5.75 Å². The molecule has 0 radical (unpaired) electrons. The van der Waals surface area contributed by atoms with Crippen LogP contribution in [-0.2, 0) is 16.1 Å². The fourth-order valence-corrected chi connectivity index (χ4v) is 4.69. The van der Waals surface area contributed by atoms with Crippen LogP contribution in [0.1, 0.15) is 47.1 Å². The third kappa shape index (κ3) is 7.68. The van der Waals surface area contributed by atoms with Crippen LogP contribution in [0.15, 0.2) is 74.7 Å². The molecule has 43 heavy (non-hydrogen) atoms. The highest BCUT2D eigenvalue weighted by Crippen LogP contribution is 2.37. The summed E-state index contributed by atoms with van der Waals surface area (Å²) in [6.45, 7) is 7.41. The Morgan fingerprint density at radius 2 is 1.81 bits per heavy atom. The molecule has 12 nitrogen and oxygen atoms in total. The van der Waals surface area contributed by atoms with Gasteiger partial charge in [-0.2, -0.15) is 5.10 Å². The van der Waals surface area contributed by atoms with E-state index < -0.39 is 28.6 Å². The molecule has 224 valence electrons. The van der Waals surface area contributed by atoms with Crippen LogP contribution in [0.5, 0.6) is 11.5 Å². The molecule has 0 fully saturated rings. The number of aryl methyl sites for hydroxylation is 2. The Morgan fingerprint density at radius 1 is 1.12 bits per heavy atom. The Kier molecular flexibility index (Phi) is 9.99. The average Bonchev–Trinajstić information content (AvgIpc) is 3.59. The number of ether oxygens (including phenoxy) is 3. The lowest BCUT2D eigenvalue weighted by Crippen LogP contribution is -2.26. The first-order chi connectivity index (χ1) is 20.6. The predicted octanol–water partition coefficient (Wildman–Crippen LogP) is 6.03. The molecule has 0 saturated carbocycles. The van der Waals surface area contributed by atoms with E-state index in [1.165, 1.54) is 31.3 Å². The Hall–Kier alpha value is -4.91. The van der Waals surface area contributed by atoms with Crippen LogP contribution in [0.3, 0.4) is 0 Å². The number of benzene rings is 2. The highest BCUT2D eigenvalue weighted by Gasteiger charge is 2.25. The Balaban J connectivity index is 1.34. The predicted molar refractivity (Wildman–Crippen MR) is 161 cm³/mol. The lowest BCUT2D eigenvalue weighted by molar-refractivity contribution is -0.386. The SMILES string of the molecule is CCOC(=O)[C@H](C)Oc1c(Br)cc(/C=N/NC(=O)c2ccc(COc3ccc(-n4c(C)ccc4C)cc3)o2)cc1[N+](=O)[O-]. The van der Waals surface area contributed by atoms with E-state index in [0.717, 1.165) is 17.1 Å². The molecule has 4 rings (SSSR count). The van der Waals surface area contributed by atoms with Crippen LogP contribution in [0.4, 0.5) is 5.69 Å². The highest BCUT2D eigenvalue weighted by atomic mass is 79.9. The summed E-state index contributed by atoms with van der Waals surface area (Å²) < 4.78 is 24.1. The van der Waals surface area contributed by atoms with E-state index in [1.54, 1.807) is 13.0 Å². The summed E-state index contributed by atoms with van der Waals surface area (Å²) >= 11 is 3.23. The van der Waals surface area contributed by atoms with Crippen molar-refractivity contribution in [3.05, 3.63) is 104 Å². The number of carbonyl (C=O) groups excluding carboxylic acids is 2. The van der Waals surface area contributed by atoms with Gasteiger partial charge in [0.15, 0.2) is 11.9 Å². The topological polar surface area (TPSA) is 147 Å². The number of esters is 1. The molecule has 0 spiro atoms. The maximum absolute atomic E-state index is 12.5. The first kappa shape index (κ1) is 31.0. The van der Waals surface area contributed by atoms with Crippen LogP contribution in [0.25, 0.3) is 5.69 Å². The van der Waals surface area contributed by atoms with Gasteiger partial charge in [0, 0.05) is 28.7 Å². The van der Waals surface area contributed by atoms with Crippen molar-refractivity contribution in [2.45, 2.75) is 40.4 Å². The summed E-state index contributed by atoms with van der Waals surface area (Å²) in [6.07, 6.45) is 0.156. The second kappa shape index (κ2) is 13.8. The van der Waals surface area contributed by atoms with Crippen molar-refractivity contribution in [1.29, 1.82) is 0 Å². The molecule has 13 heteroatoms. The van der Waals surface area contributed by atoms with Gasteiger partial charge in [0.1, 0.15) is 18.1 Å². The molecule has 0 bridgehead atoms. The number of rotatable bonds is 12. The summed E-state index contributed by atoms with van der Waals surface area (Å²) in [5.41, 5.74) is 5.51. The quantitative estimate of drug-likeness (QED) is 0.0844. The number of carbonyl (C=O) groups is 2. The van der Waals surface area contributed by atoms with E-state index in [4.69, 9.17) is 18.6 Å². The third-order valence-corrected chi connectivity index (χ3v) is 6.76. The van der Waals surface area contributed by atoms with Gasteiger partial charge >= 0.3 is 17.6 Å². The molecule has 1 N–H and O–H groups in total. The van der Waals surface area contributed by atoms with Gasteiger partial charge in [-0.1, -0.05) is 0 Å². The Bertz CT molecular complexity index is 1640. The molecule has 0 saturated heterocycles. The van der Waals surface area contributed by atoms with Gasteiger partial charge in [0.25, 0.3) is 0 Å². The lowest BCUT2D eigenvalue weighted by Gasteiger charge is -2.15. The Morgan fingerprint density at radius 3 is 2.47 bits per heavy atom. The Labute approximate surface area is 255 Å². The molecule has 0 aliphatic heterocycles. The molecule has 2 heterocycles. The van der Waals surface area contributed by atoms with Crippen LogP contribution in [0, 0.1) is 24.0 Å². The van der Waals surface area contributed by atoms with Crippen LogP contribution in [-0.4, -0.2) is 40.3 Å². The number of halogens is 1. The highest BCUT2D eigenvalue weighted by molar-refractivity contribution is 9.10. The second-order valence-corrected chi connectivity index (χ2v) is 10.2. The first-order valence-corrected chi connectivity index (χ1v) is 14.0. The van der Waals surface area contributed by atoms with Crippen LogP contribution >= 0.6 is 15.9 Å². The van der Waals surface area contributed by atoms with E-state index in [2.05, 4.69) is 43.2 Å². The first-order valence-electron chi connectivity index (χ1n) is 13.2. The van der Waals surface area contributed by atoms with Crippen molar-refractivity contribution in [2.75, 3.05) is 6.61 Å². The number of hydrogen-bond acceptors (Lipinski definition) is 9. The van der Waals surface area contributed by atoms with Crippen molar-refractivity contribution in [2.24, 2.45) is 5.10 Å². The van der Waals surface area contributed by atoms with Crippen molar-refractivity contribution >= 4 is 39.7 Å². The van der Waals surface area contributed by atoms with Crippen LogP contribution < -0.4 is 14.9 Å². The average molecular weight is 653 g/mol. The van der Waals surface area contributed by atoms with Crippen molar-refractivity contribution in [1.82, 2.24) is 9.99 Å². The van der Waals surface area contributed by atoms with Crippen molar-refractivity contribution < 1.29 is 33.1 Å². The maximum Gasteiger partial charge on any atom is 0.347 e. The normalized spacial score (nSPS) is 11.7. The number of nitrogens with zero attached hydrogens (tertiary/aromatic N) is 3. The lowest BCUT2D eigenvalue weighted by atomic mass is 10.2. The zero-order valence-corrected chi connectivity index (χ0v) is 25.4. The fourth-order valence-electron chi connectivity index (χ4n) is 4.13. The zero-order valence-electron chi connectivity index (χ0n) is 23.8. The van der Waals surface area contributed by atoms with Gasteiger partial charge in [-0.3, -0.25) is 14.9 Å². The number of hydrazone groups is 1. The number of furan rings is 1. The number of nitrogens with one attached hydrogen (secondary N) is 1. The van der Waals surface area contributed by atoms with E-state index >= 15 is 0 Å². The molecule has 0 aliphatic rings. The zero-order chi connectivity index (χ0) is 31.1. The smallest absolute Gasteiger partial charge is 0.347 e. The van der Waals surface area contributed by atoms with E-state index in [-0.39, 0.29) is 34.8 Å². The van der Waals surface area contributed by atoms with Crippen molar-refractivity contribution in [3.8, 4) is 17.2 Å². The largest absolute Gasteiger partial charge is 0.486 e. The molecule has 1 amide bonds. The van der Waals surface area contributed by atoms with E-state index in [1.807, 2.05) is 38.1 Å². The van der Waals surface area contributed by atoms with E-state index in [0.29, 0.717) is 11.5 Å². The number of aromatic nitrogens is 1. The van der Waals surface area contributed by atoms with Gasteiger partial charge in [-0.25, -0.2) is 10.2 Å². The number of hydrogen-bond donors (Lipinski definition) is 1. The minimum Gasteiger partial charge on any atom is -0.486 e. The van der Waals surface area contributed by atoms with Gasteiger partial charge in [-0.15, -0.1) is 0 Å². The molecule has 2 aromatic heterocycles. The summed E-state index contributed by atoms with van der Waals surface area (Å²) in [4.78, 5) is 35.4. The molecular weight excluding hydrogens is 624 g/mol. The molecular formula is C30H29BrN4O8. The summed E-state index contributed by atoms with van der Waals surface area (Å²) in [5.74, 6) is -0.335. The minimum absolute atomic E-state index is 0.00789. The summed E-state index contributed by atoms with van der Waals surface area (Å²) in [5, 5.41) is 15.5. The minimum atomic E-state index is -1.07. The molecule has 4 aromatic rings. The molecule has 0 aliphatic carbocycles. The van der Waals surface area contributed by atoms with E-state index in [9.17, 15) is 19.7 Å². The molecule has 2 aromatic carbocycles. The molecule has 1 atom stereocenters. The second-order valence-electron chi connectivity index (χ2n) is 9.32.